The van der Waals surface area contributed by atoms with Crippen molar-refractivity contribution in [3.8, 4) is 0 Å². The van der Waals surface area contributed by atoms with Crippen LogP contribution in [-0.2, 0) is 4.74 Å². The minimum atomic E-state index is 0.408. The van der Waals surface area contributed by atoms with Crippen molar-refractivity contribution >= 4 is 0 Å². The first-order chi connectivity index (χ1) is 9.35. The van der Waals surface area contributed by atoms with Gasteiger partial charge in [-0.3, -0.25) is 4.90 Å². The predicted octanol–water partition coefficient (Wildman–Crippen LogP) is 2.80. The van der Waals surface area contributed by atoms with E-state index >= 15 is 0 Å². The zero-order valence-electron chi connectivity index (χ0n) is 12.9. The first kappa shape index (κ1) is 15.3. The molecule has 3 unspecified atom stereocenters. The molecular formula is C16H32N2O. The summed E-state index contributed by atoms with van der Waals surface area (Å²) in [5.74, 6) is 0. The van der Waals surface area contributed by atoms with Crippen LogP contribution in [0.1, 0.15) is 58.3 Å². The Morgan fingerprint density at radius 1 is 1.26 bits per heavy atom. The number of likely N-dealkylation sites (N-methyl/N-ethyl adjacent to an activating group) is 1. The lowest BCUT2D eigenvalue weighted by Gasteiger charge is -2.38. The fourth-order valence-corrected chi connectivity index (χ4v) is 3.57. The van der Waals surface area contributed by atoms with Gasteiger partial charge in [-0.2, -0.15) is 0 Å². The molecule has 2 aliphatic heterocycles. The maximum atomic E-state index is 6.12. The van der Waals surface area contributed by atoms with E-state index < -0.39 is 0 Å². The topological polar surface area (TPSA) is 24.5 Å². The van der Waals surface area contributed by atoms with Gasteiger partial charge in [-0.15, -0.1) is 0 Å². The van der Waals surface area contributed by atoms with Gasteiger partial charge in [-0.25, -0.2) is 0 Å². The Balaban J connectivity index is 1.68. The smallest absolute Gasteiger partial charge is 0.0855 e. The molecular weight excluding hydrogens is 236 g/mol. The summed E-state index contributed by atoms with van der Waals surface area (Å²) in [7, 11) is 2.09. The minimum Gasteiger partial charge on any atom is -0.374 e. The largest absolute Gasteiger partial charge is 0.374 e. The van der Waals surface area contributed by atoms with Crippen LogP contribution in [0, 0.1) is 0 Å². The first-order valence-corrected chi connectivity index (χ1v) is 8.38. The maximum absolute atomic E-state index is 6.12. The Bertz CT molecular complexity index is 247. The van der Waals surface area contributed by atoms with E-state index in [1.165, 1.54) is 57.9 Å². The number of unbranched alkanes of at least 4 members (excludes halogenated alkanes) is 4. The van der Waals surface area contributed by atoms with E-state index in [-0.39, 0.29) is 0 Å². The van der Waals surface area contributed by atoms with Gasteiger partial charge >= 0.3 is 0 Å². The normalized spacial score (nSPS) is 29.4. The molecule has 1 N–H and O–H groups in total. The number of ether oxygens (including phenoxy) is 1. The maximum Gasteiger partial charge on any atom is 0.0855 e. The van der Waals surface area contributed by atoms with Gasteiger partial charge in [-0.05, 0) is 32.9 Å². The van der Waals surface area contributed by atoms with Crippen LogP contribution in [0.25, 0.3) is 0 Å². The van der Waals surface area contributed by atoms with E-state index in [1.54, 1.807) is 0 Å². The fourth-order valence-electron chi connectivity index (χ4n) is 3.57. The van der Waals surface area contributed by atoms with Gasteiger partial charge in [0.1, 0.15) is 0 Å². The quantitative estimate of drug-likeness (QED) is 0.685. The molecule has 0 aromatic carbocycles. The Labute approximate surface area is 119 Å². The summed E-state index contributed by atoms with van der Waals surface area (Å²) in [5.41, 5.74) is 0. The van der Waals surface area contributed by atoms with Gasteiger partial charge in [0.25, 0.3) is 0 Å². The van der Waals surface area contributed by atoms with Crippen LogP contribution >= 0.6 is 0 Å². The molecule has 3 heteroatoms. The molecule has 2 fully saturated rings. The summed E-state index contributed by atoms with van der Waals surface area (Å²) in [6.07, 6.45) is 11.2. The minimum absolute atomic E-state index is 0.408. The number of rotatable bonds is 8. The van der Waals surface area contributed by atoms with Crippen molar-refractivity contribution in [2.45, 2.75) is 76.5 Å². The molecule has 0 spiro atoms. The van der Waals surface area contributed by atoms with Crippen molar-refractivity contribution < 1.29 is 4.74 Å². The Kier molecular flexibility index (Phi) is 6.62. The summed E-state index contributed by atoms with van der Waals surface area (Å²) in [5, 5.41) is 3.49. The Morgan fingerprint density at radius 2 is 2.11 bits per heavy atom. The highest BCUT2D eigenvalue weighted by atomic mass is 16.5. The third kappa shape index (κ3) is 4.44. The molecule has 19 heavy (non-hydrogen) atoms. The van der Waals surface area contributed by atoms with Crippen molar-refractivity contribution in [3.63, 3.8) is 0 Å². The standard InChI is InChI=1S/C16H32N2O/c1-3-4-5-6-7-10-15(17-2)16-12-18-11-8-9-14(18)13-19-16/h14-17H,3-13H2,1-2H3. The van der Waals surface area contributed by atoms with E-state index in [9.17, 15) is 0 Å². The fraction of sp³-hybridized carbons (Fsp3) is 1.00. The average Bonchev–Trinajstić information content (AvgIpc) is 2.90. The molecule has 0 aromatic heterocycles. The first-order valence-electron chi connectivity index (χ1n) is 8.38. The molecule has 2 aliphatic rings. The molecule has 0 saturated carbocycles. The van der Waals surface area contributed by atoms with E-state index in [4.69, 9.17) is 4.74 Å². The molecule has 112 valence electrons. The van der Waals surface area contributed by atoms with E-state index in [0.29, 0.717) is 12.1 Å². The van der Waals surface area contributed by atoms with Crippen molar-refractivity contribution in [1.82, 2.24) is 10.2 Å². The third-order valence-corrected chi connectivity index (χ3v) is 4.85. The van der Waals surface area contributed by atoms with E-state index in [2.05, 4.69) is 24.2 Å². The number of morpholine rings is 1. The molecule has 0 radical (unpaired) electrons. The van der Waals surface area contributed by atoms with Gasteiger partial charge < -0.3 is 10.1 Å². The molecule has 3 nitrogen and oxygen atoms in total. The zero-order chi connectivity index (χ0) is 13.5. The van der Waals surface area contributed by atoms with Crippen LogP contribution in [0.5, 0.6) is 0 Å². The lowest BCUT2D eigenvalue weighted by atomic mass is 10.0. The monoisotopic (exact) mass is 268 g/mol. The molecule has 2 saturated heterocycles. The summed E-state index contributed by atoms with van der Waals surface area (Å²) in [6.45, 7) is 5.67. The van der Waals surface area contributed by atoms with Gasteiger partial charge in [0.15, 0.2) is 0 Å². The molecule has 0 aliphatic carbocycles. The van der Waals surface area contributed by atoms with E-state index in [0.717, 1.165) is 19.2 Å². The summed E-state index contributed by atoms with van der Waals surface area (Å²) in [4.78, 5) is 2.65. The Morgan fingerprint density at radius 3 is 2.89 bits per heavy atom. The van der Waals surface area contributed by atoms with Crippen LogP contribution in [0.4, 0.5) is 0 Å². The second-order valence-corrected chi connectivity index (χ2v) is 6.26. The van der Waals surface area contributed by atoms with Crippen molar-refractivity contribution in [2.75, 3.05) is 26.7 Å². The molecule has 0 amide bonds. The highest BCUT2D eigenvalue weighted by Crippen LogP contribution is 2.25. The van der Waals surface area contributed by atoms with E-state index in [1.807, 2.05) is 0 Å². The number of fused-ring (bicyclic) bond motifs is 1. The average molecular weight is 268 g/mol. The van der Waals surface area contributed by atoms with Crippen LogP contribution in [-0.4, -0.2) is 49.8 Å². The molecule has 0 aromatic rings. The number of nitrogens with one attached hydrogen (secondary N) is 1. The van der Waals surface area contributed by atoms with Gasteiger partial charge in [0, 0.05) is 18.6 Å². The summed E-state index contributed by atoms with van der Waals surface area (Å²) in [6, 6.07) is 1.27. The summed E-state index contributed by atoms with van der Waals surface area (Å²) < 4.78 is 6.12. The van der Waals surface area contributed by atoms with Crippen molar-refractivity contribution in [1.29, 1.82) is 0 Å². The second-order valence-electron chi connectivity index (χ2n) is 6.26. The van der Waals surface area contributed by atoms with Crippen LogP contribution in [0.15, 0.2) is 0 Å². The van der Waals surface area contributed by atoms with Gasteiger partial charge in [0.2, 0.25) is 0 Å². The highest BCUT2D eigenvalue weighted by Gasteiger charge is 2.34. The van der Waals surface area contributed by atoms with Crippen molar-refractivity contribution in [3.05, 3.63) is 0 Å². The van der Waals surface area contributed by atoms with Crippen LogP contribution in [0.3, 0.4) is 0 Å². The zero-order valence-corrected chi connectivity index (χ0v) is 12.9. The predicted molar refractivity (Wildman–Crippen MR) is 80.6 cm³/mol. The summed E-state index contributed by atoms with van der Waals surface area (Å²) >= 11 is 0. The van der Waals surface area contributed by atoms with Crippen molar-refractivity contribution in [2.24, 2.45) is 0 Å². The van der Waals surface area contributed by atoms with Crippen LogP contribution in [0.2, 0.25) is 0 Å². The molecule has 2 rings (SSSR count). The molecule has 0 bridgehead atoms. The van der Waals surface area contributed by atoms with Crippen LogP contribution < -0.4 is 5.32 Å². The second kappa shape index (κ2) is 8.23. The number of hydrogen-bond donors (Lipinski definition) is 1. The number of hydrogen-bond acceptors (Lipinski definition) is 3. The molecule has 3 atom stereocenters. The SMILES string of the molecule is CCCCCCCC(NC)C1CN2CCCC2CO1. The van der Waals surface area contributed by atoms with Gasteiger partial charge in [0.05, 0.1) is 12.7 Å². The number of nitrogens with zero attached hydrogens (tertiary/aromatic N) is 1. The van der Waals surface area contributed by atoms with Gasteiger partial charge in [-0.1, -0.05) is 39.0 Å². The highest BCUT2D eigenvalue weighted by molar-refractivity contribution is 4.89. The lowest BCUT2D eigenvalue weighted by molar-refractivity contribution is -0.0648. The molecule has 2 heterocycles. The Hall–Kier alpha value is -0.120. The lowest BCUT2D eigenvalue weighted by Crippen LogP contribution is -2.53. The third-order valence-electron chi connectivity index (χ3n) is 4.85.